The molecule has 7 heteroatoms. The highest BCUT2D eigenvalue weighted by Gasteiger charge is 2.12. The van der Waals surface area contributed by atoms with Crippen LogP contribution in [0.15, 0.2) is 36.4 Å². The van der Waals surface area contributed by atoms with Crippen molar-refractivity contribution in [1.82, 2.24) is 0 Å². The topological polar surface area (TPSA) is 59.6 Å². The molecular formula is C17H16ClFN2O3. The first-order valence-corrected chi connectivity index (χ1v) is 7.88. The molecule has 0 atom stereocenters. The van der Waals surface area contributed by atoms with E-state index in [-0.39, 0.29) is 17.4 Å². The number of ether oxygens (including phenoxy) is 2. The molecule has 2 aromatic carbocycles. The number of rotatable bonds is 5. The van der Waals surface area contributed by atoms with Gasteiger partial charge in [-0.1, -0.05) is 11.6 Å². The largest absolute Gasteiger partial charge is 0.486 e. The fraction of sp³-hybridized carbons (Fsp3) is 0.235. The van der Waals surface area contributed by atoms with E-state index >= 15 is 0 Å². The third kappa shape index (κ3) is 4.08. The summed E-state index contributed by atoms with van der Waals surface area (Å²) in [6.07, 6.45) is 0.253. The van der Waals surface area contributed by atoms with Crippen LogP contribution in [0, 0.1) is 5.82 Å². The summed E-state index contributed by atoms with van der Waals surface area (Å²) in [5.74, 6) is 0.679. The number of carbonyl (C=O) groups excluding carboxylic acids is 1. The van der Waals surface area contributed by atoms with Crippen molar-refractivity contribution in [3.63, 3.8) is 0 Å². The molecule has 1 aliphatic rings. The van der Waals surface area contributed by atoms with Crippen molar-refractivity contribution in [2.75, 3.05) is 30.4 Å². The molecule has 0 saturated carbocycles. The van der Waals surface area contributed by atoms with Crippen molar-refractivity contribution in [3.8, 4) is 11.5 Å². The maximum atomic E-state index is 13.1. The Labute approximate surface area is 143 Å². The zero-order valence-corrected chi connectivity index (χ0v) is 13.5. The van der Waals surface area contributed by atoms with Crippen LogP contribution in [-0.4, -0.2) is 25.7 Å². The van der Waals surface area contributed by atoms with Crippen LogP contribution in [0.4, 0.5) is 15.8 Å². The van der Waals surface area contributed by atoms with Gasteiger partial charge in [0.25, 0.3) is 0 Å². The van der Waals surface area contributed by atoms with Gasteiger partial charge in [-0.25, -0.2) is 4.39 Å². The summed E-state index contributed by atoms with van der Waals surface area (Å²) in [7, 11) is 0. The molecule has 5 nitrogen and oxygen atoms in total. The van der Waals surface area contributed by atoms with Crippen molar-refractivity contribution in [2.24, 2.45) is 0 Å². The van der Waals surface area contributed by atoms with Gasteiger partial charge in [-0.05, 0) is 30.3 Å². The highest BCUT2D eigenvalue weighted by atomic mass is 35.5. The maximum absolute atomic E-state index is 13.1. The molecule has 2 aromatic rings. The summed E-state index contributed by atoms with van der Waals surface area (Å²) in [6.45, 7) is 1.42. The minimum Gasteiger partial charge on any atom is -0.486 e. The number of carbonyl (C=O) groups is 1. The molecular weight excluding hydrogens is 335 g/mol. The van der Waals surface area contributed by atoms with Crippen LogP contribution < -0.4 is 20.1 Å². The lowest BCUT2D eigenvalue weighted by Gasteiger charge is -2.19. The number of hydrogen-bond acceptors (Lipinski definition) is 4. The van der Waals surface area contributed by atoms with E-state index in [2.05, 4.69) is 10.6 Å². The van der Waals surface area contributed by atoms with Gasteiger partial charge in [0.1, 0.15) is 19.0 Å². The fourth-order valence-corrected chi connectivity index (χ4v) is 2.45. The van der Waals surface area contributed by atoms with E-state index in [1.165, 1.54) is 12.1 Å². The monoisotopic (exact) mass is 350 g/mol. The van der Waals surface area contributed by atoms with Crippen LogP contribution in [0.2, 0.25) is 5.02 Å². The van der Waals surface area contributed by atoms with E-state index < -0.39 is 5.82 Å². The Morgan fingerprint density at radius 1 is 1.08 bits per heavy atom. The molecule has 0 aromatic heterocycles. The van der Waals surface area contributed by atoms with Crippen molar-refractivity contribution in [2.45, 2.75) is 6.42 Å². The Kier molecular flexibility index (Phi) is 5.05. The number of benzene rings is 2. The van der Waals surface area contributed by atoms with Crippen molar-refractivity contribution < 1.29 is 18.7 Å². The van der Waals surface area contributed by atoms with E-state index in [4.69, 9.17) is 21.1 Å². The highest BCUT2D eigenvalue weighted by molar-refractivity contribution is 6.31. The number of amides is 1. The maximum Gasteiger partial charge on any atom is 0.226 e. The van der Waals surface area contributed by atoms with Crippen LogP contribution in [0.1, 0.15) is 6.42 Å². The first-order valence-electron chi connectivity index (χ1n) is 7.50. The Hall–Kier alpha value is -2.47. The molecule has 126 valence electrons. The van der Waals surface area contributed by atoms with Gasteiger partial charge in [0.15, 0.2) is 11.5 Å². The highest BCUT2D eigenvalue weighted by Crippen LogP contribution is 2.32. The fourth-order valence-electron chi connectivity index (χ4n) is 2.27. The standard InChI is InChI=1S/C17H16ClFN2O3/c18-13-9-11(1-3-14(13)19)20-6-5-17(22)21-12-2-4-15-16(10-12)24-8-7-23-15/h1-4,9-10,20H,5-8H2,(H,21,22). The number of hydrogen-bond donors (Lipinski definition) is 2. The van der Waals surface area contributed by atoms with Gasteiger partial charge in [0.2, 0.25) is 5.91 Å². The molecule has 1 aliphatic heterocycles. The lowest BCUT2D eigenvalue weighted by molar-refractivity contribution is -0.115. The van der Waals surface area contributed by atoms with Crippen LogP contribution in [0.5, 0.6) is 11.5 Å². The second-order valence-corrected chi connectivity index (χ2v) is 5.62. The molecule has 0 fully saturated rings. The minimum atomic E-state index is -0.474. The van der Waals surface area contributed by atoms with Crippen molar-refractivity contribution in [3.05, 3.63) is 47.2 Å². The molecule has 0 unspecified atom stereocenters. The SMILES string of the molecule is O=C(CCNc1ccc(F)c(Cl)c1)Nc1ccc2c(c1)OCCO2. The Morgan fingerprint density at radius 3 is 2.62 bits per heavy atom. The molecule has 0 saturated heterocycles. The first kappa shape index (κ1) is 16.4. The van der Waals surface area contributed by atoms with Crippen LogP contribution in [-0.2, 0) is 4.79 Å². The Morgan fingerprint density at radius 2 is 1.83 bits per heavy atom. The molecule has 1 amide bonds. The Balaban J connectivity index is 1.49. The molecule has 0 aliphatic carbocycles. The minimum absolute atomic E-state index is 0.0423. The smallest absolute Gasteiger partial charge is 0.226 e. The summed E-state index contributed by atoms with van der Waals surface area (Å²) in [5, 5.41) is 5.86. The molecule has 0 spiro atoms. The normalized spacial score (nSPS) is 12.6. The molecule has 1 heterocycles. The molecule has 0 radical (unpaired) electrons. The first-order chi connectivity index (χ1) is 11.6. The predicted octanol–water partition coefficient (Wildman–Crippen LogP) is 3.69. The number of anilines is 2. The van der Waals surface area contributed by atoms with Crippen LogP contribution in [0.25, 0.3) is 0 Å². The van der Waals surface area contributed by atoms with E-state index in [1.807, 2.05) is 0 Å². The van der Waals surface area contributed by atoms with Gasteiger partial charge in [-0.3, -0.25) is 4.79 Å². The van der Waals surface area contributed by atoms with E-state index in [0.717, 1.165) is 0 Å². The molecule has 3 rings (SSSR count). The number of halogens is 2. The van der Waals surface area contributed by atoms with Crippen LogP contribution in [0.3, 0.4) is 0 Å². The van der Waals surface area contributed by atoms with Gasteiger partial charge in [-0.15, -0.1) is 0 Å². The Bertz CT molecular complexity index is 755. The number of nitrogens with one attached hydrogen (secondary N) is 2. The average molecular weight is 351 g/mol. The summed E-state index contributed by atoms with van der Waals surface area (Å²) < 4.78 is 24.0. The third-order valence-corrected chi connectivity index (χ3v) is 3.72. The second kappa shape index (κ2) is 7.40. The van der Waals surface area contributed by atoms with E-state index in [1.54, 1.807) is 24.3 Å². The summed E-state index contributed by atoms with van der Waals surface area (Å²) in [4.78, 5) is 12.0. The second-order valence-electron chi connectivity index (χ2n) is 5.21. The lowest BCUT2D eigenvalue weighted by atomic mass is 10.2. The summed E-state index contributed by atoms with van der Waals surface area (Å²) >= 11 is 5.70. The van der Waals surface area contributed by atoms with Crippen molar-refractivity contribution in [1.29, 1.82) is 0 Å². The predicted molar refractivity (Wildman–Crippen MR) is 90.6 cm³/mol. The lowest BCUT2D eigenvalue weighted by Crippen LogP contribution is -2.18. The van der Waals surface area contributed by atoms with Gasteiger partial charge < -0.3 is 20.1 Å². The molecule has 0 bridgehead atoms. The molecule has 24 heavy (non-hydrogen) atoms. The zero-order chi connectivity index (χ0) is 16.9. The quantitative estimate of drug-likeness (QED) is 0.863. The van der Waals surface area contributed by atoms with Gasteiger partial charge in [-0.2, -0.15) is 0 Å². The average Bonchev–Trinajstić information content (AvgIpc) is 2.58. The van der Waals surface area contributed by atoms with Gasteiger partial charge in [0.05, 0.1) is 5.02 Å². The van der Waals surface area contributed by atoms with Gasteiger partial charge >= 0.3 is 0 Å². The zero-order valence-electron chi connectivity index (χ0n) is 12.8. The third-order valence-electron chi connectivity index (χ3n) is 3.43. The summed E-state index contributed by atoms with van der Waals surface area (Å²) in [6, 6.07) is 9.59. The molecule has 2 N–H and O–H groups in total. The van der Waals surface area contributed by atoms with Crippen LogP contribution >= 0.6 is 11.6 Å². The number of fused-ring (bicyclic) bond motifs is 1. The summed E-state index contributed by atoms with van der Waals surface area (Å²) in [5.41, 5.74) is 1.31. The van der Waals surface area contributed by atoms with E-state index in [0.29, 0.717) is 42.6 Å². The van der Waals surface area contributed by atoms with E-state index in [9.17, 15) is 9.18 Å². The van der Waals surface area contributed by atoms with Crippen molar-refractivity contribution >= 4 is 28.9 Å². The van der Waals surface area contributed by atoms with Gasteiger partial charge in [0, 0.05) is 30.4 Å².